The predicted molar refractivity (Wildman–Crippen MR) is 120 cm³/mol. The molecule has 0 radical (unpaired) electrons. The monoisotopic (exact) mass is 445 g/mol. The molecule has 1 saturated heterocycles. The van der Waals surface area contributed by atoms with Crippen molar-refractivity contribution in [3.63, 3.8) is 0 Å². The van der Waals surface area contributed by atoms with Crippen molar-refractivity contribution in [3.8, 4) is 0 Å². The molecular formula is C22H27N3O5S. The summed E-state index contributed by atoms with van der Waals surface area (Å²) >= 11 is 0. The van der Waals surface area contributed by atoms with E-state index in [9.17, 15) is 18.0 Å². The van der Waals surface area contributed by atoms with Gasteiger partial charge in [-0.15, -0.1) is 0 Å². The molecule has 8 nitrogen and oxygen atoms in total. The summed E-state index contributed by atoms with van der Waals surface area (Å²) in [6.07, 6.45) is 2.93. The fourth-order valence-corrected chi connectivity index (χ4v) is 4.25. The van der Waals surface area contributed by atoms with E-state index in [0.717, 1.165) is 29.0 Å². The predicted octanol–water partition coefficient (Wildman–Crippen LogP) is 2.31. The molecule has 0 unspecified atom stereocenters. The molecule has 2 N–H and O–H groups in total. The van der Waals surface area contributed by atoms with Gasteiger partial charge in [-0.05, 0) is 49.6 Å². The van der Waals surface area contributed by atoms with E-state index in [-0.39, 0.29) is 12.0 Å². The SMILES string of the molecule is Cc1cccc(N(CC(=O)Nc2ccccc2C(=O)NC[C@@H]2CCCO2)S(C)(=O)=O)c1. The molecule has 1 fully saturated rings. The number of nitrogens with one attached hydrogen (secondary N) is 2. The fourth-order valence-electron chi connectivity index (χ4n) is 3.40. The Bertz CT molecular complexity index is 1050. The third-order valence-corrected chi connectivity index (χ3v) is 6.08. The van der Waals surface area contributed by atoms with Gasteiger partial charge in [-0.3, -0.25) is 13.9 Å². The van der Waals surface area contributed by atoms with Crippen LogP contribution in [0, 0.1) is 6.92 Å². The zero-order valence-electron chi connectivity index (χ0n) is 17.6. The van der Waals surface area contributed by atoms with Crippen molar-refractivity contribution in [2.45, 2.75) is 25.9 Å². The number of ether oxygens (including phenoxy) is 1. The first-order valence-electron chi connectivity index (χ1n) is 10.1. The molecule has 3 rings (SSSR count). The molecule has 2 aromatic rings. The van der Waals surface area contributed by atoms with E-state index < -0.39 is 22.5 Å². The van der Waals surface area contributed by atoms with E-state index in [1.54, 1.807) is 42.5 Å². The van der Waals surface area contributed by atoms with Gasteiger partial charge < -0.3 is 15.4 Å². The fraction of sp³-hybridized carbons (Fsp3) is 0.364. The normalized spacial score (nSPS) is 16.0. The van der Waals surface area contributed by atoms with Crippen LogP contribution in [0.4, 0.5) is 11.4 Å². The van der Waals surface area contributed by atoms with E-state index >= 15 is 0 Å². The Kier molecular flexibility index (Phi) is 7.29. The van der Waals surface area contributed by atoms with E-state index in [4.69, 9.17) is 4.74 Å². The highest BCUT2D eigenvalue weighted by molar-refractivity contribution is 7.92. The number of para-hydroxylation sites is 1. The van der Waals surface area contributed by atoms with Crippen molar-refractivity contribution in [1.29, 1.82) is 0 Å². The van der Waals surface area contributed by atoms with Crippen LogP contribution in [0.3, 0.4) is 0 Å². The van der Waals surface area contributed by atoms with Crippen molar-refractivity contribution in [1.82, 2.24) is 5.32 Å². The van der Waals surface area contributed by atoms with Crippen LogP contribution >= 0.6 is 0 Å². The summed E-state index contributed by atoms with van der Waals surface area (Å²) in [6, 6.07) is 13.5. The van der Waals surface area contributed by atoms with Gasteiger partial charge in [0.15, 0.2) is 0 Å². The van der Waals surface area contributed by atoms with Gasteiger partial charge in [-0.25, -0.2) is 8.42 Å². The molecule has 1 aliphatic rings. The Morgan fingerprint density at radius 1 is 1.16 bits per heavy atom. The molecule has 1 heterocycles. The summed E-state index contributed by atoms with van der Waals surface area (Å²) in [4.78, 5) is 25.3. The van der Waals surface area contributed by atoms with E-state index in [2.05, 4.69) is 10.6 Å². The number of carbonyl (C=O) groups excluding carboxylic acids is 2. The minimum absolute atomic E-state index is 0.00310. The maximum Gasteiger partial charge on any atom is 0.253 e. The highest BCUT2D eigenvalue weighted by atomic mass is 32.2. The second kappa shape index (κ2) is 9.93. The lowest BCUT2D eigenvalue weighted by Crippen LogP contribution is -2.38. The summed E-state index contributed by atoms with van der Waals surface area (Å²) in [6.45, 7) is 2.53. The van der Waals surface area contributed by atoms with Gasteiger partial charge in [0.1, 0.15) is 6.54 Å². The van der Waals surface area contributed by atoms with E-state index in [1.807, 2.05) is 13.0 Å². The molecule has 0 saturated carbocycles. The molecule has 166 valence electrons. The van der Waals surface area contributed by atoms with Crippen LogP contribution in [0.15, 0.2) is 48.5 Å². The average Bonchev–Trinajstić information content (AvgIpc) is 3.23. The van der Waals surface area contributed by atoms with Gasteiger partial charge in [0.25, 0.3) is 5.91 Å². The number of sulfonamides is 1. The van der Waals surface area contributed by atoms with Crippen LogP contribution < -0.4 is 14.9 Å². The number of nitrogens with zero attached hydrogens (tertiary/aromatic N) is 1. The number of aryl methyl sites for hydroxylation is 1. The molecule has 1 atom stereocenters. The van der Waals surface area contributed by atoms with Crippen molar-refractivity contribution in [3.05, 3.63) is 59.7 Å². The van der Waals surface area contributed by atoms with E-state index in [1.165, 1.54) is 0 Å². The Labute approximate surface area is 182 Å². The topological polar surface area (TPSA) is 105 Å². The number of hydrogen-bond donors (Lipinski definition) is 2. The first-order valence-corrected chi connectivity index (χ1v) is 11.9. The van der Waals surface area contributed by atoms with Crippen molar-refractivity contribution >= 4 is 33.2 Å². The molecule has 2 aromatic carbocycles. The molecule has 31 heavy (non-hydrogen) atoms. The Balaban J connectivity index is 1.71. The number of benzene rings is 2. The average molecular weight is 446 g/mol. The third kappa shape index (κ3) is 6.28. The molecule has 1 aliphatic heterocycles. The zero-order chi connectivity index (χ0) is 22.4. The van der Waals surface area contributed by atoms with Crippen LogP contribution in [0.2, 0.25) is 0 Å². The van der Waals surface area contributed by atoms with Crippen LogP contribution in [0.1, 0.15) is 28.8 Å². The van der Waals surface area contributed by atoms with Gasteiger partial charge in [-0.1, -0.05) is 24.3 Å². The Hall–Kier alpha value is -2.91. The highest BCUT2D eigenvalue weighted by Gasteiger charge is 2.22. The minimum atomic E-state index is -3.69. The largest absolute Gasteiger partial charge is 0.376 e. The minimum Gasteiger partial charge on any atom is -0.376 e. The summed E-state index contributed by atoms with van der Waals surface area (Å²) in [5.74, 6) is -0.878. The molecule has 2 amide bonds. The number of amides is 2. The lowest BCUT2D eigenvalue weighted by molar-refractivity contribution is -0.114. The first-order chi connectivity index (χ1) is 14.7. The number of rotatable bonds is 8. The molecule has 0 bridgehead atoms. The van der Waals surface area contributed by atoms with Crippen LogP contribution in [0.5, 0.6) is 0 Å². The molecular weight excluding hydrogens is 418 g/mol. The lowest BCUT2D eigenvalue weighted by Gasteiger charge is -2.22. The quantitative estimate of drug-likeness (QED) is 0.649. The zero-order valence-corrected chi connectivity index (χ0v) is 18.4. The highest BCUT2D eigenvalue weighted by Crippen LogP contribution is 2.20. The number of anilines is 2. The second-order valence-electron chi connectivity index (χ2n) is 7.55. The molecule has 0 spiro atoms. The van der Waals surface area contributed by atoms with Crippen molar-refractivity contribution in [2.24, 2.45) is 0 Å². The maximum absolute atomic E-state index is 12.7. The Morgan fingerprint density at radius 3 is 2.61 bits per heavy atom. The van der Waals surface area contributed by atoms with Crippen molar-refractivity contribution < 1.29 is 22.7 Å². The number of hydrogen-bond acceptors (Lipinski definition) is 5. The number of carbonyl (C=O) groups is 2. The molecule has 0 aliphatic carbocycles. The summed E-state index contributed by atoms with van der Waals surface area (Å²) < 4.78 is 31.1. The summed E-state index contributed by atoms with van der Waals surface area (Å²) in [5, 5.41) is 5.50. The summed E-state index contributed by atoms with van der Waals surface area (Å²) in [7, 11) is -3.69. The van der Waals surface area contributed by atoms with E-state index in [0.29, 0.717) is 30.1 Å². The van der Waals surface area contributed by atoms with Gasteiger partial charge >= 0.3 is 0 Å². The Morgan fingerprint density at radius 2 is 1.94 bits per heavy atom. The van der Waals surface area contributed by atoms with Gasteiger partial charge in [0, 0.05) is 13.2 Å². The molecule has 9 heteroatoms. The smallest absolute Gasteiger partial charge is 0.253 e. The lowest BCUT2D eigenvalue weighted by atomic mass is 10.1. The van der Waals surface area contributed by atoms with Crippen LogP contribution in [-0.4, -0.2) is 52.3 Å². The van der Waals surface area contributed by atoms with Gasteiger partial charge in [0.05, 0.1) is 29.3 Å². The van der Waals surface area contributed by atoms with Crippen molar-refractivity contribution in [2.75, 3.05) is 35.6 Å². The van der Waals surface area contributed by atoms with Gasteiger partial charge in [-0.2, -0.15) is 0 Å². The molecule has 0 aromatic heterocycles. The van der Waals surface area contributed by atoms with Gasteiger partial charge in [0.2, 0.25) is 15.9 Å². The third-order valence-electron chi connectivity index (χ3n) is 4.94. The second-order valence-corrected chi connectivity index (χ2v) is 9.45. The van der Waals surface area contributed by atoms with Crippen LogP contribution in [-0.2, 0) is 19.6 Å². The van der Waals surface area contributed by atoms with Crippen LogP contribution in [0.25, 0.3) is 0 Å². The summed E-state index contributed by atoms with van der Waals surface area (Å²) in [5.41, 5.74) is 1.89. The maximum atomic E-state index is 12.7. The standard InChI is InChI=1S/C22H27N3O5S/c1-16-7-5-8-17(13-16)25(31(2,28)29)15-21(26)24-20-11-4-3-10-19(20)22(27)23-14-18-9-6-12-30-18/h3-5,7-8,10-11,13,18H,6,9,12,14-15H2,1-2H3,(H,23,27)(H,24,26)/t18-/m0/s1. The first kappa shape index (κ1) is 22.8.